The molecular formula is C27H42N2O3. The second-order valence-corrected chi connectivity index (χ2v) is 12.8. The first-order valence-corrected chi connectivity index (χ1v) is 13.3. The number of likely N-dealkylation sites (tertiary alicyclic amines) is 1. The minimum atomic E-state index is -0.598. The number of nitrogens with zero attached hydrogens (tertiary/aromatic N) is 1. The van der Waals surface area contributed by atoms with E-state index in [1.54, 1.807) is 6.08 Å². The Bertz CT molecular complexity index is 828. The van der Waals surface area contributed by atoms with Gasteiger partial charge in [-0.05, 0) is 98.9 Å². The fraction of sp³-hybridized carbons (Fsp3) is 0.889. The van der Waals surface area contributed by atoms with E-state index in [2.05, 4.69) is 18.7 Å². The molecule has 4 aliphatic carbocycles. The third kappa shape index (κ3) is 2.89. The summed E-state index contributed by atoms with van der Waals surface area (Å²) in [5.74, 6) is 1.92. The van der Waals surface area contributed by atoms with E-state index in [1.807, 2.05) is 0 Å². The van der Waals surface area contributed by atoms with Crippen LogP contribution >= 0.6 is 0 Å². The summed E-state index contributed by atoms with van der Waals surface area (Å²) >= 11 is 0. The Labute approximate surface area is 193 Å². The molecule has 2 aliphatic heterocycles. The molecule has 2 heterocycles. The lowest BCUT2D eigenvalue weighted by Gasteiger charge is -2.64. The first-order chi connectivity index (χ1) is 15.2. The molecule has 0 spiro atoms. The second-order valence-electron chi connectivity index (χ2n) is 12.8. The summed E-state index contributed by atoms with van der Waals surface area (Å²) < 4.78 is 5.26. The van der Waals surface area contributed by atoms with E-state index in [4.69, 9.17) is 10.5 Å². The van der Waals surface area contributed by atoms with E-state index in [-0.39, 0.29) is 11.4 Å². The summed E-state index contributed by atoms with van der Waals surface area (Å²) in [7, 11) is 0. The molecule has 0 unspecified atom stereocenters. The molecule has 6 aliphatic rings. The standard InChI is InChI=1S/C27H42N2O3/c1-25-9-5-20(29-12-8-19(28)15-29)14-18(25)3-4-23-22(25)6-10-26(2)21(7-11-27(23,26)31)17-13-24(30)32-16-17/h13,18-23,31H,3-12,14-16,28H2,1-2H3/t18-,19-,20+,21-,22+,23-,25+,26-,27+/m1/s1. The SMILES string of the molecule is C[C@]12CC[C@H](N3CC[C@@H](N)C3)C[C@H]1CC[C@@H]1[C@@H]2CC[C@]2(C)[C@@H](C3=CC(=O)OC3)CC[C@]12O. The predicted molar refractivity (Wildman–Crippen MR) is 124 cm³/mol. The maximum atomic E-state index is 12.3. The maximum Gasteiger partial charge on any atom is 0.331 e. The van der Waals surface area contributed by atoms with Crippen molar-refractivity contribution in [3.05, 3.63) is 11.6 Å². The van der Waals surface area contributed by atoms with Crippen LogP contribution in [0.2, 0.25) is 0 Å². The average Bonchev–Trinajstić information content (AvgIpc) is 3.45. The lowest BCUT2D eigenvalue weighted by atomic mass is 9.43. The van der Waals surface area contributed by atoms with Crippen molar-refractivity contribution in [1.82, 2.24) is 4.90 Å². The maximum absolute atomic E-state index is 12.3. The summed E-state index contributed by atoms with van der Waals surface area (Å²) in [5.41, 5.74) is 6.99. The minimum Gasteiger partial charge on any atom is -0.458 e. The summed E-state index contributed by atoms with van der Waals surface area (Å²) in [6.07, 6.45) is 13.4. The van der Waals surface area contributed by atoms with Gasteiger partial charge in [-0.15, -0.1) is 0 Å². The van der Waals surface area contributed by atoms with Crippen molar-refractivity contribution in [2.75, 3.05) is 19.7 Å². The molecule has 32 heavy (non-hydrogen) atoms. The van der Waals surface area contributed by atoms with Gasteiger partial charge in [-0.2, -0.15) is 0 Å². The van der Waals surface area contributed by atoms with Crippen LogP contribution in [0.4, 0.5) is 0 Å². The van der Waals surface area contributed by atoms with Crippen LogP contribution in [0.15, 0.2) is 11.6 Å². The topological polar surface area (TPSA) is 75.8 Å². The number of fused-ring (bicyclic) bond motifs is 5. The molecule has 0 radical (unpaired) electrons. The van der Waals surface area contributed by atoms with E-state index >= 15 is 0 Å². The Morgan fingerprint density at radius 3 is 2.62 bits per heavy atom. The molecule has 0 amide bonds. The molecule has 0 aromatic carbocycles. The molecule has 1 saturated heterocycles. The highest BCUT2D eigenvalue weighted by atomic mass is 16.5. The monoisotopic (exact) mass is 442 g/mol. The molecular weight excluding hydrogens is 400 g/mol. The zero-order valence-electron chi connectivity index (χ0n) is 20.0. The Morgan fingerprint density at radius 2 is 1.91 bits per heavy atom. The molecule has 0 bridgehead atoms. The van der Waals surface area contributed by atoms with Gasteiger partial charge in [0.05, 0.1) is 5.60 Å². The Kier molecular flexibility index (Phi) is 4.93. The molecule has 5 heteroatoms. The number of carbonyl (C=O) groups excluding carboxylic acids is 1. The fourth-order valence-electron chi connectivity index (χ4n) is 9.87. The number of aliphatic hydroxyl groups is 1. The van der Waals surface area contributed by atoms with Crippen molar-refractivity contribution in [2.45, 2.75) is 95.7 Å². The molecule has 178 valence electrons. The highest BCUT2D eigenvalue weighted by molar-refractivity contribution is 5.85. The lowest BCUT2D eigenvalue weighted by Crippen LogP contribution is -2.62. The molecule has 3 N–H and O–H groups in total. The van der Waals surface area contributed by atoms with Gasteiger partial charge in [0.1, 0.15) is 6.61 Å². The van der Waals surface area contributed by atoms with Crippen LogP contribution in [0.1, 0.15) is 78.1 Å². The predicted octanol–water partition coefficient (Wildman–Crippen LogP) is 3.65. The quantitative estimate of drug-likeness (QED) is 0.639. The molecule has 5 nitrogen and oxygen atoms in total. The average molecular weight is 443 g/mol. The fourth-order valence-corrected chi connectivity index (χ4v) is 9.87. The number of nitrogens with two attached hydrogens (primary N) is 1. The van der Waals surface area contributed by atoms with Gasteiger partial charge >= 0.3 is 5.97 Å². The number of carbonyl (C=O) groups is 1. The van der Waals surface area contributed by atoms with Crippen LogP contribution < -0.4 is 5.73 Å². The van der Waals surface area contributed by atoms with Crippen molar-refractivity contribution < 1.29 is 14.6 Å². The number of hydrogen-bond donors (Lipinski definition) is 2. The zero-order valence-corrected chi connectivity index (χ0v) is 20.0. The van der Waals surface area contributed by atoms with Crippen molar-refractivity contribution in [3.63, 3.8) is 0 Å². The van der Waals surface area contributed by atoms with Crippen LogP contribution in [0, 0.1) is 34.5 Å². The van der Waals surface area contributed by atoms with Gasteiger partial charge in [-0.25, -0.2) is 4.79 Å². The second kappa shape index (κ2) is 7.29. The van der Waals surface area contributed by atoms with Crippen LogP contribution in [0.5, 0.6) is 0 Å². The van der Waals surface area contributed by atoms with Gasteiger partial charge in [-0.1, -0.05) is 13.8 Å². The number of cyclic esters (lactones) is 1. The number of rotatable bonds is 2. The molecule has 5 fully saturated rings. The molecule has 0 aromatic rings. The molecule has 9 atom stereocenters. The van der Waals surface area contributed by atoms with E-state index < -0.39 is 5.60 Å². The highest BCUT2D eigenvalue weighted by Gasteiger charge is 2.67. The number of ether oxygens (including phenoxy) is 1. The van der Waals surface area contributed by atoms with Gasteiger partial charge < -0.3 is 15.6 Å². The molecule has 0 aromatic heterocycles. The summed E-state index contributed by atoms with van der Waals surface area (Å²) in [5, 5.41) is 12.3. The largest absolute Gasteiger partial charge is 0.458 e. The Hall–Kier alpha value is -0.910. The van der Waals surface area contributed by atoms with E-state index in [0.29, 0.717) is 35.8 Å². The summed E-state index contributed by atoms with van der Waals surface area (Å²) in [4.78, 5) is 14.4. The van der Waals surface area contributed by atoms with Gasteiger partial charge in [0.2, 0.25) is 0 Å². The van der Waals surface area contributed by atoms with E-state index in [1.165, 1.54) is 45.1 Å². The Morgan fingerprint density at radius 1 is 1.06 bits per heavy atom. The molecule has 4 saturated carbocycles. The normalized spacial score (nSPS) is 53.4. The van der Waals surface area contributed by atoms with Crippen molar-refractivity contribution >= 4 is 5.97 Å². The van der Waals surface area contributed by atoms with Crippen LogP contribution in [-0.4, -0.2) is 53.4 Å². The van der Waals surface area contributed by atoms with Gasteiger partial charge in [-0.3, -0.25) is 4.90 Å². The number of esters is 1. The molecule has 6 rings (SSSR count). The van der Waals surface area contributed by atoms with Crippen molar-refractivity contribution in [2.24, 2.45) is 40.2 Å². The third-order valence-electron chi connectivity index (χ3n) is 11.7. The number of hydrogen-bond acceptors (Lipinski definition) is 5. The Balaban J connectivity index is 1.23. The summed E-state index contributed by atoms with van der Waals surface area (Å²) in [6, 6.07) is 1.09. The first kappa shape index (κ1) is 21.6. The van der Waals surface area contributed by atoms with E-state index in [0.717, 1.165) is 49.8 Å². The van der Waals surface area contributed by atoms with Crippen molar-refractivity contribution in [1.29, 1.82) is 0 Å². The van der Waals surface area contributed by atoms with Gasteiger partial charge in [0, 0.05) is 36.7 Å². The highest BCUT2D eigenvalue weighted by Crippen LogP contribution is 2.70. The van der Waals surface area contributed by atoms with Crippen LogP contribution in [-0.2, 0) is 9.53 Å². The smallest absolute Gasteiger partial charge is 0.331 e. The van der Waals surface area contributed by atoms with Gasteiger partial charge in [0.15, 0.2) is 0 Å². The van der Waals surface area contributed by atoms with Crippen molar-refractivity contribution in [3.8, 4) is 0 Å². The zero-order chi connectivity index (χ0) is 22.3. The minimum absolute atomic E-state index is 0.125. The third-order valence-corrected chi connectivity index (χ3v) is 11.7. The van der Waals surface area contributed by atoms with Crippen LogP contribution in [0.3, 0.4) is 0 Å². The van der Waals surface area contributed by atoms with E-state index in [9.17, 15) is 9.90 Å². The van der Waals surface area contributed by atoms with Crippen LogP contribution in [0.25, 0.3) is 0 Å². The lowest BCUT2D eigenvalue weighted by molar-refractivity contribution is -0.206. The summed E-state index contributed by atoms with van der Waals surface area (Å²) in [6.45, 7) is 7.60. The first-order valence-electron chi connectivity index (χ1n) is 13.3. The van der Waals surface area contributed by atoms with Gasteiger partial charge in [0.25, 0.3) is 0 Å².